The smallest absolute Gasteiger partial charge is 0.305 e. The lowest BCUT2D eigenvalue weighted by Crippen LogP contribution is -2.58. The minimum Gasteiger partial charge on any atom is -0.450 e. The lowest BCUT2D eigenvalue weighted by Gasteiger charge is -2.41. The average molecular weight is 246 g/mol. The Balaban J connectivity index is 2.39. The van der Waals surface area contributed by atoms with Crippen molar-refractivity contribution in [1.82, 2.24) is 0 Å². The van der Waals surface area contributed by atoms with Gasteiger partial charge in [0.15, 0.2) is 0 Å². The maximum Gasteiger partial charge on any atom is 0.305 e. The Morgan fingerprint density at radius 3 is 2.29 bits per heavy atom. The fraction of sp³-hybridized carbons (Fsp3) is 0.818. The standard InChI is InChI=1S/C11H18O6/c1-4-5-6-14-10-9(15-7(2)12)11(17-10)16-8(3)13/h9-11H,4-6H2,1-3H3/t9-,10?,11?/m0/s1. The summed E-state index contributed by atoms with van der Waals surface area (Å²) in [6.45, 7) is 5.10. The van der Waals surface area contributed by atoms with Crippen LogP contribution >= 0.6 is 0 Å². The molecule has 0 saturated carbocycles. The highest BCUT2D eigenvalue weighted by Crippen LogP contribution is 2.27. The highest BCUT2D eigenvalue weighted by molar-refractivity contribution is 5.67. The number of unbranched alkanes of at least 4 members (excludes halogenated alkanes) is 1. The van der Waals surface area contributed by atoms with Gasteiger partial charge in [-0.05, 0) is 6.42 Å². The van der Waals surface area contributed by atoms with Gasteiger partial charge in [0.1, 0.15) is 0 Å². The van der Waals surface area contributed by atoms with E-state index in [-0.39, 0.29) is 0 Å². The van der Waals surface area contributed by atoms with E-state index in [4.69, 9.17) is 18.9 Å². The van der Waals surface area contributed by atoms with E-state index in [9.17, 15) is 9.59 Å². The lowest BCUT2D eigenvalue weighted by atomic mass is 10.2. The maximum absolute atomic E-state index is 10.9. The molecule has 0 aliphatic carbocycles. The molecule has 0 spiro atoms. The largest absolute Gasteiger partial charge is 0.450 e. The van der Waals surface area contributed by atoms with Crippen molar-refractivity contribution >= 4 is 11.9 Å². The van der Waals surface area contributed by atoms with E-state index in [1.54, 1.807) is 0 Å². The molecule has 2 unspecified atom stereocenters. The fourth-order valence-corrected chi connectivity index (χ4v) is 1.36. The van der Waals surface area contributed by atoms with E-state index >= 15 is 0 Å². The van der Waals surface area contributed by atoms with Gasteiger partial charge in [-0.2, -0.15) is 0 Å². The zero-order valence-electron chi connectivity index (χ0n) is 10.3. The second kappa shape index (κ2) is 6.56. The van der Waals surface area contributed by atoms with Gasteiger partial charge in [-0.1, -0.05) is 13.3 Å². The molecule has 98 valence electrons. The molecule has 0 aromatic heterocycles. The van der Waals surface area contributed by atoms with Gasteiger partial charge in [0, 0.05) is 20.5 Å². The van der Waals surface area contributed by atoms with Crippen LogP contribution in [0.15, 0.2) is 0 Å². The number of carbonyl (C=O) groups excluding carboxylic acids is 2. The van der Waals surface area contributed by atoms with Gasteiger partial charge in [-0.3, -0.25) is 9.59 Å². The summed E-state index contributed by atoms with van der Waals surface area (Å²) in [4.78, 5) is 21.6. The molecule has 17 heavy (non-hydrogen) atoms. The number of hydrogen-bond donors (Lipinski definition) is 0. The molecule has 0 aromatic carbocycles. The molecule has 0 bridgehead atoms. The molecule has 6 nitrogen and oxygen atoms in total. The summed E-state index contributed by atoms with van der Waals surface area (Å²) in [5, 5.41) is 0. The minimum absolute atomic E-state index is 0.459. The Hall–Kier alpha value is -1.14. The Kier molecular flexibility index (Phi) is 5.37. The third-order valence-electron chi connectivity index (χ3n) is 2.17. The van der Waals surface area contributed by atoms with Gasteiger partial charge in [0.05, 0.1) is 0 Å². The summed E-state index contributed by atoms with van der Waals surface area (Å²) in [5.41, 5.74) is 0. The third-order valence-corrected chi connectivity index (χ3v) is 2.17. The third kappa shape index (κ3) is 4.32. The normalized spacial score (nSPS) is 27.1. The van der Waals surface area contributed by atoms with Crippen LogP contribution in [0.4, 0.5) is 0 Å². The molecule has 1 aliphatic rings. The number of ether oxygens (including phenoxy) is 4. The maximum atomic E-state index is 10.9. The van der Waals surface area contributed by atoms with Gasteiger partial charge in [0.25, 0.3) is 0 Å². The molecule has 0 radical (unpaired) electrons. The molecular weight excluding hydrogens is 228 g/mol. The van der Waals surface area contributed by atoms with Crippen LogP contribution < -0.4 is 0 Å². The van der Waals surface area contributed by atoms with Crippen LogP contribution in [-0.2, 0) is 28.5 Å². The molecule has 1 fully saturated rings. The number of rotatable bonds is 6. The van der Waals surface area contributed by atoms with Crippen molar-refractivity contribution in [2.75, 3.05) is 6.61 Å². The zero-order chi connectivity index (χ0) is 12.8. The molecule has 1 heterocycles. The van der Waals surface area contributed by atoms with Gasteiger partial charge in [-0.25, -0.2) is 0 Å². The summed E-state index contributed by atoms with van der Waals surface area (Å²) in [5.74, 6) is -0.946. The molecule has 0 amide bonds. The van der Waals surface area contributed by atoms with Crippen LogP contribution in [0, 0.1) is 0 Å². The van der Waals surface area contributed by atoms with E-state index in [1.165, 1.54) is 13.8 Å². The SMILES string of the molecule is CCCCOC1OC(OC(C)=O)[C@H]1OC(C)=O. The number of carbonyl (C=O) groups is 2. The molecule has 1 saturated heterocycles. The van der Waals surface area contributed by atoms with Crippen LogP contribution in [0.5, 0.6) is 0 Å². The number of hydrogen-bond acceptors (Lipinski definition) is 6. The van der Waals surface area contributed by atoms with E-state index in [2.05, 4.69) is 0 Å². The summed E-state index contributed by atoms with van der Waals surface area (Å²) in [6, 6.07) is 0. The molecule has 0 N–H and O–H groups in total. The van der Waals surface area contributed by atoms with Crippen LogP contribution in [0.3, 0.4) is 0 Å². The van der Waals surface area contributed by atoms with E-state index in [1.807, 2.05) is 6.92 Å². The Labute approximate surface area is 100 Å². The lowest BCUT2D eigenvalue weighted by molar-refractivity contribution is -0.381. The monoisotopic (exact) mass is 246 g/mol. The predicted octanol–water partition coefficient (Wildman–Crippen LogP) is 0.980. The first-order valence-electron chi connectivity index (χ1n) is 5.66. The van der Waals surface area contributed by atoms with Crippen LogP contribution in [-0.4, -0.2) is 37.2 Å². The predicted molar refractivity (Wildman–Crippen MR) is 56.8 cm³/mol. The Morgan fingerprint density at radius 2 is 1.76 bits per heavy atom. The molecular formula is C11H18O6. The highest BCUT2D eigenvalue weighted by Gasteiger charge is 2.48. The Morgan fingerprint density at radius 1 is 1.12 bits per heavy atom. The van der Waals surface area contributed by atoms with Crippen LogP contribution in [0.1, 0.15) is 33.6 Å². The number of esters is 2. The second-order valence-electron chi connectivity index (χ2n) is 3.78. The molecule has 1 rings (SSSR count). The van der Waals surface area contributed by atoms with Gasteiger partial charge < -0.3 is 18.9 Å². The molecule has 6 heteroatoms. The van der Waals surface area contributed by atoms with Gasteiger partial charge >= 0.3 is 11.9 Å². The van der Waals surface area contributed by atoms with Crippen molar-refractivity contribution in [3.8, 4) is 0 Å². The first-order chi connectivity index (χ1) is 8.04. The highest BCUT2D eigenvalue weighted by atomic mass is 16.8. The molecule has 3 atom stereocenters. The second-order valence-corrected chi connectivity index (χ2v) is 3.78. The summed E-state index contributed by atoms with van der Waals surface area (Å²) < 4.78 is 20.3. The van der Waals surface area contributed by atoms with Crippen molar-refractivity contribution in [2.24, 2.45) is 0 Å². The van der Waals surface area contributed by atoms with Crippen molar-refractivity contribution < 1.29 is 28.5 Å². The summed E-state index contributed by atoms with van der Waals surface area (Å²) >= 11 is 0. The topological polar surface area (TPSA) is 71.1 Å². The van der Waals surface area contributed by atoms with Crippen molar-refractivity contribution in [3.63, 3.8) is 0 Å². The van der Waals surface area contributed by atoms with Crippen molar-refractivity contribution in [2.45, 2.75) is 52.3 Å². The minimum atomic E-state index is -0.858. The first-order valence-corrected chi connectivity index (χ1v) is 5.66. The van der Waals surface area contributed by atoms with Gasteiger partial charge in [0.2, 0.25) is 18.7 Å². The van der Waals surface area contributed by atoms with Gasteiger partial charge in [-0.15, -0.1) is 0 Å². The quantitative estimate of drug-likeness (QED) is 0.514. The zero-order valence-corrected chi connectivity index (χ0v) is 10.3. The van der Waals surface area contributed by atoms with E-state index in [0.717, 1.165) is 12.8 Å². The first kappa shape index (κ1) is 13.9. The summed E-state index contributed by atoms with van der Waals surface area (Å²) in [7, 11) is 0. The van der Waals surface area contributed by atoms with Crippen molar-refractivity contribution in [3.05, 3.63) is 0 Å². The van der Waals surface area contributed by atoms with Crippen LogP contribution in [0.25, 0.3) is 0 Å². The Bertz CT molecular complexity index is 277. The van der Waals surface area contributed by atoms with Crippen molar-refractivity contribution in [1.29, 1.82) is 0 Å². The van der Waals surface area contributed by atoms with E-state index < -0.39 is 30.6 Å². The van der Waals surface area contributed by atoms with E-state index in [0.29, 0.717) is 6.61 Å². The van der Waals surface area contributed by atoms with Crippen LogP contribution in [0.2, 0.25) is 0 Å². The molecule has 1 aliphatic heterocycles. The fourth-order valence-electron chi connectivity index (χ4n) is 1.36. The average Bonchev–Trinajstić information content (AvgIpc) is 2.23. The summed E-state index contributed by atoms with van der Waals surface area (Å²) in [6.07, 6.45) is -0.283. The molecule has 0 aromatic rings.